The van der Waals surface area contributed by atoms with Crippen molar-refractivity contribution in [3.63, 3.8) is 0 Å². The van der Waals surface area contributed by atoms with Crippen molar-refractivity contribution in [3.05, 3.63) is 36.4 Å². The van der Waals surface area contributed by atoms with Gasteiger partial charge in [-0.15, -0.1) is 0 Å². The van der Waals surface area contributed by atoms with Crippen LogP contribution in [0.1, 0.15) is 29.6 Å². The maximum absolute atomic E-state index is 13.2. The lowest BCUT2D eigenvalue weighted by Gasteiger charge is -2.41. The van der Waals surface area contributed by atoms with Gasteiger partial charge in [-0.1, -0.05) is 19.1 Å². The zero-order valence-corrected chi connectivity index (χ0v) is 14.7. The summed E-state index contributed by atoms with van der Waals surface area (Å²) in [6.07, 6.45) is 5.40. The molecule has 1 saturated carbocycles. The smallest absolute Gasteiger partial charge is 0.254 e. The van der Waals surface area contributed by atoms with Crippen LogP contribution in [0.15, 0.2) is 30.9 Å². The molecule has 3 fully saturated rings. The fourth-order valence-electron chi connectivity index (χ4n) is 4.63. The zero-order valence-electron chi connectivity index (χ0n) is 14.7. The molecular formula is C20H25NO4. The van der Waals surface area contributed by atoms with Gasteiger partial charge in [0.25, 0.3) is 5.91 Å². The first-order valence-corrected chi connectivity index (χ1v) is 8.99. The molecule has 5 nitrogen and oxygen atoms in total. The van der Waals surface area contributed by atoms with Crippen LogP contribution >= 0.6 is 0 Å². The molecule has 0 radical (unpaired) electrons. The Balaban J connectivity index is 1.57. The summed E-state index contributed by atoms with van der Waals surface area (Å²) in [7, 11) is 1.59. The van der Waals surface area contributed by atoms with Gasteiger partial charge < -0.3 is 19.1 Å². The number of benzene rings is 1. The fraction of sp³-hybridized carbons (Fsp3) is 0.550. The molecule has 1 aromatic rings. The van der Waals surface area contributed by atoms with Gasteiger partial charge in [-0.3, -0.25) is 4.79 Å². The average molecular weight is 343 g/mol. The Bertz CT molecular complexity index is 682. The van der Waals surface area contributed by atoms with E-state index in [0.717, 1.165) is 13.2 Å². The van der Waals surface area contributed by atoms with Crippen LogP contribution in [0.5, 0.6) is 11.5 Å². The Morgan fingerprint density at radius 2 is 2.24 bits per heavy atom. The van der Waals surface area contributed by atoms with E-state index in [1.807, 2.05) is 11.0 Å². The average Bonchev–Trinajstić information content (AvgIpc) is 3.19. The number of carbonyl (C=O) groups excluding carboxylic acids is 1. The van der Waals surface area contributed by atoms with E-state index in [1.54, 1.807) is 25.3 Å². The van der Waals surface area contributed by atoms with Crippen LogP contribution in [0.25, 0.3) is 0 Å². The molecule has 25 heavy (non-hydrogen) atoms. The Labute approximate surface area is 148 Å². The molecule has 1 aliphatic carbocycles. The Kier molecular flexibility index (Phi) is 4.20. The van der Waals surface area contributed by atoms with E-state index in [2.05, 4.69) is 6.58 Å². The molecule has 5 heteroatoms. The third-order valence-corrected chi connectivity index (χ3v) is 6.10. The summed E-state index contributed by atoms with van der Waals surface area (Å²) < 4.78 is 16.7. The summed E-state index contributed by atoms with van der Waals surface area (Å²) >= 11 is 0. The summed E-state index contributed by atoms with van der Waals surface area (Å²) in [5.74, 6) is 1.77. The number of hydrogen-bond acceptors (Lipinski definition) is 4. The third kappa shape index (κ3) is 2.61. The quantitative estimate of drug-likeness (QED) is 0.772. The number of likely N-dealkylation sites (tertiary alicyclic amines) is 1. The number of amides is 1. The fourth-order valence-corrected chi connectivity index (χ4v) is 4.63. The first kappa shape index (κ1) is 16.5. The molecule has 2 saturated heterocycles. The number of rotatable bonds is 5. The molecule has 3 aliphatic rings. The van der Waals surface area contributed by atoms with Crippen molar-refractivity contribution in [2.75, 3.05) is 33.5 Å². The summed E-state index contributed by atoms with van der Waals surface area (Å²) in [6.45, 7) is 6.37. The van der Waals surface area contributed by atoms with Crippen LogP contribution in [0.3, 0.4) is 0 Å². The third-order valence-electron chi connectivity index (χ3n) is 6.10. The van der Waals surface area contributed by atoms with Gasteiger partial charge in [0.15, 0.2) is 11.5 Å². The lowest BCUT2D eigenvalue weighted by Crippen LogP contribution is -2.39. The second-order valence-electron chi connectivity index (χ2n) is 7.33. The van der Waals surface area contributed by atoms with Gasteiger partial charge in [0.2, 0.25) is 0 Å². The van der Waals surface area contributed by atoms with E-state index in [9.17, 15) is 4.79 Å². The van der Waals surface area contributed by atoms with Gasteiger partial charge in [-0.05, 0) is 36.5 Å². The number of nitrogens with zero attached hydrogens (tertiary/aromatic N) is 1. The molecule has 2 aliphatic heterocycles. The number of fused-ring (bicyclic) bond motifs is 2. The molecular weight excluding hydrogens is 318 g/mol. The lowest BCUT2D eigenvalue weighted by atomic mass is 9.62. The van der Waals surface area contributed by atoms with Crippen molar-refractivity contribution in [1.29, 1.82) is 0 Å². The largest absolute Gasteiger partial charge is 0.493 e. The van der Waals surface area contributed by atoms with Crippen LogP contribution in [0, 0.1) is 11.3 Å². The van der Waals surface area contributed by atoms with Gasteiger partial charge >= 0.3 is 0 Å². The standard InChI is InChI=1S/C20H25NO4/c1-3-9-25-17-6-5-14(10-18(17)23-2)19(22)21-13-20(7-4-8-20)15-11-24-12-16(15)21/h3,5-6,10,15-16H,1,4,7-9,11-13H2,2H3/t15-,16+/m0/s1. The second-order valence-corrected chi connectivity index (χ2v) is 7.33. The second kappa shape index (κ2) is 6.37. The maximum atomic E-state index is 13.2. The SMILES string of the molecule is C=CCOc1ccc(C(=O)N2CC3(CCC3)[C@H]3COC[C@H]32)cc1OC. The number of hydrogen-bond donors (Lipinski definition) is 0. The minimum absolute atomic E-state index is 0.0674. The van der Waals surface area contributed by atoms with E-state index in [-0.39, 0.29) is 11.9 Å². The van der Waals surface area contributed by atoms with Gasteiger partial charge in [0.05, 0.1) is 26.4 Å². The number of methoxy groups -OCH3 is 1. The van der Waals surface area contributed by atoms with E-state index < -0.39 is 0 Å². The highest BCUT2D eigenvalue weighted by Gasteiger charge is 2.58. The molecule has 1 aromatic carbocycles. The highest BCUT2D eigenvalue weighted by Crippen LogP contribution is 2.56. The molecule has 1 amide bonds. The summed E-state index contributed by atoms with van der Waals surface area (Å²) in [6, 6.07) is 5.61. The van der Waals surface area contributed by atoms with Crippen molar-refractivity contribution in [2.24, 2.45) is 11.3 Å². The molecule has 0 bridgehead atoms. The molecule has 4 rings (SSSR count). The molecule has 134 valence electrons. The Morgan fingerprint density at radius 3 is 2.92 bits per heavy atom. The van der Waals surface area contributed by atoms with E-state index >= 15 is 0 Å². The zero-order chi connectivity index (χ0) is 17.4. The molecule has 0 N–H and O–H groups in total. The minimum atomic E-state index is 0.0674. The van der Waals surface area contributed by atoms with Crippen molar-refractivity contribution in [2.45, 2.75) is 25.3 Å². The van der Waals surface area contributed by atoms with Gasteiger partial charge in [0, 0.05) is 18.0 Å². The molecule has 1 spiro atoms. The predicted molar refractivity (Wildman–Crippen MR) is 94.1 cm³/mol. The summed E-state index contributed by atoms with van der Waals surface area (Å²) in [5, 5.41) is 0. The predicted octanol–water partition coefficient (Wildman–Crippen LogP) is 2.90. The van der Waals surface area contributed by atoms with Crippen LogP contribution in [-0.2, 0) is 4.74 Å². The molecule has 2 atom stereocenters. The van der Waals surface area contributed by atoms with Crippen LogP contribution in [-0.4, -0.2) is 50.3 Å². The first-order valence-electron chi connectivity index (χ1n) is 8.99. The minimum Gasteiger partial charge on any atom is -0.493 e. The normalized spacial score (nSPS) is 26.2. The van der Waals surface area contributed by atoms with Crippen molar-refractivity contribution in [1.82, 2.24) is 4.90 Å². The summed E-state index contributed by atoms with van der Waals surface area (Å²) in [4.78, 5) is 15.2. The maximum Gasteiger partial charge on any atom is 0.254 e. The lowest BCUT2D eigenvalue weighted by molar-refractivity contribution is 0.0451. The highest BCUT2D eigenvalue weighted by molar-refractivity contribution is 5.95. The van der Waals surface area contributed by atoms with Crippen molar-refractivity contribution >= 4 is 5.91 Å². The number of carbonyl (C=O) groups is 1. The molecule has 2 heterocycles. The van der Waals surface area contributed by atoms with Gasteiger partial charge in [0.1, 0.15) is 6.61 Å². The van der Waals surface area contributed by atoms with Gasteiger partial charge in [-0.2, -0.15) is 0 Å². The Morgan fingerprint density at radius 1 is 1.40 bits per heavy atom. The van der Waals surface area contributed by atoms with Crippen LogP contribution < -0.4 is 9.47 Å². The topological polar surface area (TPSA) is 48.0 Å². The van der Waals surface area contributed by atoms with Crippen LogP contribution in [0.2, 0.25) is 0 Å². The summed E-state index contributed by atoms with van der Waals surface area (Å²) in [5.41, 5.74) is 0.943. The Hall–Kier alpha value is -2.01. The first-order chi connectivity index (χ1) is 12.2. The molecule has 0 unspecified atom stereocenters. The van der Waals surface area contributed by atoms with Gasteiger partial charge in [-0.25, -0.2) is 0 Å². The van der Waals surface area contributed by atoms with E-state index in [0.29, 0.717) is 41.6 Å². The molecule has 0 aromatic heterocycles. The van der Waals surface area contributed by atoms with Crippen LogP contribution in [0.4, 0.5) is 0 Å². The van der Waals surface area contributed by atoms with E-state index in [4.69, 9.17) is 14.2 Å². The van der Waals surface area contributed by atoms with E-state index in [1.165, 1.54) is 19.3 Å². The van der Waals surface area contributed by atoms with Crippen molar-refractivity contribution < 1.29 is 19.0 Å². The monoisotopic (exact) mass is 343 g/mol. The van der Waals surface area contributed by atoms with Crippen molar-refractivity contribution in [3.8, 4) is 11.5 Å². The number of ether oxygens (including phenoxy) is 3. The highest BCUT2D eigenvalue weighted by atomic mass is 16.5.